The highest BCUT2D eigenvalue weighted by molar-refractivity contribution is 5.89. The van der Waals surface area contributed by atoms with Crippen molar-refractivity contribution in [3.8, 4) is 5.75 Å². The molecule has 2 aromatic carbocycles. The summed E-state index contributed by atoms with van der Waals surface area (Å²) in [5.74, 6) is 1.01. The number of hydrazine groups is 1. The van der Waals surface area contributed by atoms with E-state index in [1.54, 1.807) is 18.2 Å². The second-order valence-corrected chi connectivity index (χ2v) is 6.85. The molecule has 5 heteroatoms. The van der Waals surface area contributed by atoms with Gasteiger partial charge in [0, 0.05) is 23.7 Å². The molecule has 26 heavy (non-hydrogen) atoms. The molecule has 0 saturated carbocycles. The van der Waals surface area contributed by atoms with Gasteiger partial charge in [0.1, 0.15) is 11.9 Å². The summed E-state index contributed by atoms with van der Waals surface area (Å²) in [6.45, 7) is 1.94. The fourth-order valence-corrected chi connectivity index (χ4v) is 3.88. The number of hydrogen-bond donors (Lipinski definition) is 2. The summed E-state index contributed by atoms with van der Waals surface area (Å²) >= 11 is 0. The Balaban J connectivity index is 1.65. The van der Waals surface area contributed by atoms with Crippen LogP contribution in [0.15, 0.2) is 66.4 Å². The Labute approximate surface area is 153 Å². The summed E-state index contributed by atoms with van der Waals surface area (Å²) in [6.07, 6.45) is 2.38. The fraction of sp³-hybridized carbons (Fsp3) is 0.286. The van der Waals surface area contributed by atoms with E-state index in [4.69, 9.17) is 4.74 Å². The average Bonchev–Trinajstić information content (AvgIpc) is 3.01. The van der Waals surface area contributed by atoms with Crippen LogP contribution >= 0.6 is 0 Å². The van der Waals surface area contributed by atoms with Gasteiger partial charge in [0.2, 0.25) is 0 Å². The molecule has 1 saturated heterocycles. The first-order valence-electron chi connectivity index (χ1n) is 8.88. The average molecular weight is 349 g/mol. The van der Waals surface area contributed by atoms with Gasteiger partial charge < -0.3 is 10.1 Å². The first-order chi connectivity index (χ1) is 12.7. The first-order valence-corrected chi connectivity index (χ1v) is 8.88. The quantitative estimate of drug-likeness (QED) is 0.891. The Bertz CT molecular complexity index is 817. The molecular formula is C21H23N3O2. The number of nitrogens with one attached hydrogen (secondary N) is 2. The molecule has 2 heterocycles. The van der Waals surface area contributed by atoms with Crippen molar-refractivity contribution in [2.24, 2.45) is 0 Å². The van der Waals surface area contributed by atoms with E-state index in [1.165, 1.54) is 11.1 Å². The topological polar surface area (TPSA) is 53.6 Å². The van der Waals surface area contributed by atoms with Crippen molar-refractivity contribution < 1.29 is 9.53 Å². The second-order valence-electron chi connectivity index (χ2n) is 6.85. The van der Waals surface area contributed by atoms with Crippen LogP contribution in [0, 0.1) is 0 Å². The van der Waals surface area contributed by atoms with E-state index < -0.39 is 0 Å². The van der Waals surface area contributed by atoms with Gasteiger partial charge in [0.15, 0.2) is 0 Å². The standard InChI is InChI=1S/C21H23N3O2/c1-14-12-19(25)24-21(22-14)20(16-6-4-3-5-7-16)18(23-24)13-15-8-10-17(26-2)11-9-15/h3-12,18,20-23H,13H2,1-2H3. The summed E-state index contributed by atoms with van der Waals surface area (Å²) in [4.78, 5) is 12.5. The summed E-state index contributed by atoms with van der Waals surface area (Å²) in [5, 5.41) is 5.21. The van der Waals surface area contributed by atoms with Gasteiger partial charge in [0.05, 0.1) is 7.11 Å². The number of carbonyl (C=O) groups is 1. The van der Waals surface area contributed by atoms with Crippen molar-refractivity contribution >= 4 is 5.91 Å². The number of benzene rings is 2. The molecule has 2 N–H and O–H groups in total. The molecule has 1 amide bonds. The number of nitrogens with zero attached hydrogens (tertiary/aromatic N) is 1. The van der Waals surface area contributed by atoms with Crippen LogP contribution in [0.1, 0.15) is 24.0 Å². The van der Waals surface area contributed by atoms with Gasteiger partial charge in [-0.25, -0.2) is 5.43 Å². The number of ether oxygens (including phenoxy) is 1. The first kappa shape index (κ1) is 16.7. The van der Waals surface area contributed by atoms with Gasteiger partial charge in [-0.3, -0.25) is 9.80 Å². The molecule has 4 rings (SSSR count). The smallest absolute Gasteiger partial charge is 0.264 e. The second kappa shape index (κ2) is 6.84. The van der Waals surface area contributed by atoms with E-state index in [0.717, 1.165) is 17.9 Å². The van der Waals surface area contributed by atoms with Crippen LogP contribution in [0.25, 0.3) is 0 Å². The highest BCUT2D eigenvalue weighted by Gasteiger charge is 2.45. The van der Waals surface area contributed by atoms with Crippen molar-refractivity contribution in [1.29, 1.82) is 0 Å². The Morgan fingerprint density at radius 3 is 2.50 bits per heavy atom. The van der Waals surface area contributed by atoms with Crippen molar-refractivity contribution in [1.82, 2.24) is 15.8 Å². The zero-order valence-electron chi connectivity index (χ0n) is 15.0. The van der Waals surface area contributed by atoms with E-state index in [2.05, 4.69) is 47.1 Å². The third-order valence-corrected chi connectivity index (χ3v) is 5.11. The molecule has 2 aliphatic rings. The van der Waals surface area contributed by atoms with Crippen LogP contribution in [0.4, 0.5) is 0 Å². The molecule has 0 aliphatic carbocycles. The summed E-state index contributed by atoms with van der Waals surface area (Å²) in [6, 6.07) is 18.6. The molecule has 134 valence electrons. The van der Waals surface area contributed by atoms with Gasteiger partial charge in [-0.15, -0.1) is 0 Å². The number of allylic oxidation sites excluding steroid dienone is 1. The molecule has 2 aromatic rings. The fourth-order valence-electron chi connectivity index (χ4n) is 3.88. The van der Waals surface area contributed by atoms with Crippen LogP contribution in [0.3, 0.4) is 0 Å². The molecular weight excluding hydrogens is 326 g/mol. The molecule has 2 aliphatic heterocycles. The summed E-state index contributed by atoms with van der Waals surface area (Å²) in [5.41, 5.74) is 6.77. The number of hydrogen-bond acceptors (Lipinski definition) is 4. The molecule has 0 radical (unpaired) electrons. The third-order valence-electron chi connectivity index (χ3n) is 5.11. The lowest BCUT2D eigenvalue weighted by Crippen LogP contribution is -2.52. The molecule has 5 nitrogen and oxygen atoms in total. The van der Waals surface area contributed by atoms with Gasteiger partial charge in [-0.05, 0) is 36.6 Å². The van der Waals surface area contributed by atoms with E-state index in [9.17, 15) is 4.79 Å². The minimum atomic E-state index is -0.0850. The maximum atomic E-state index is 12.5. The summed E-state index contributed by atoms with van der Waals surface area (Å²) in [7, 11) is 1.67. The van der Waals surface area contributed by atoms with Crippen LogP contribution in [0.5, 0.6) is 5.75 Å². The highest BCUT2D eigenvalue weighted by atomic mass is 16.5. The van der Waals surface area contributed by atoms with Crippen LogP contribution in [0.2, 0.25) is 0 Å². The van der Waals surface area contributed by atoms with Crippen molar-refractivity contribution in [2.45, 2.75) is 31.5 Å². The lowest BCUT2D eigenvalue weighted by Gasteiger charge is -2.32. The maximum absolute atomic E-state index is 12.5. The zero-order valence-corrected chi connectivity index (χ0v) is 15.0. The van der Waals surface area contributed by atoms with Crippen molar-refractivity contribution in [2.75, 3.05) is 7.11 Å². The van der Waals surface area contributed by atoms with Gasteiger partial charge in [-0.1, -0.05) is 42.5 Å². The molecule has 1 fully saturated rings. The minimum absolute atomic E-state index is 0.00409. The molecule has 0 aromatic heterocycles. The SMILES string of the molecule is COc1ccc(CC2NN3C(=O)C=C(C)NC3C2c2ccccc2)cc1. The molecule has 0 bridgehead atoms. The number of methoxy groups -OCH3 is 1. The van der Waals surface area contributed by atoms with Gasteiger partial charge >= 0.3 is 0 Å². The van der Waals surface area contributed by atoms with Crippen LogP contribution in [-0.4, -0.2) is 30.2 Å². The number of fused-ring (bicyclic) bond motifs is 1. The van der Waals surface area contributed by atoms with E-state index in [1.807, 2.05) is 25.1 Å². The predicted molar refractivity (Wildman–Crippen MR) is 100 cm³/mol. The minimum Gasteiger partial charge on any atom is -0.497 e. The van der Waals surface area contributed by atoms with Gasteiger partial charge in [-0.2, -0.15) is 0 Å². The van der Waals surface area contributed by atoms with E-state index in [-0.39, 0.29) is 24.0 Å². The molecule has 3 unspecified atom stereocenters. The zero-order chi connectivity index (χ0) is 18.1. The lowest BCUT2D eigenvalue weighted by molar-refractivity contribution is -0.131. The predicted octanol–water partition coefficient (Wildman–Crippen LogP) is 2.57. The number of rotatable bonds is 4. The van der Waals surface area contributed by atoms with Crippen LogP contribution in [-0.2, 0) is 11.2 Å². The largest absolute Gasteiger partial charge is 0.497 e. The monoisotopic (exact) mass is 349 g/mol. The third kappa shape index (κ3) is 3.06. The van der Waals surface area contributed by atoms with Crippen LogP contribution < -0.4 is 15.5 Å². The summed E-state index contributed by atoms with van der Waals surface area (Å²) < 4.78 is 5.25. The van der Waals surface area contributed by atoms with Crippen molar-refractivity contribution in [3.05, 3.63) is 77.5 Å². The van der Waals surface area contributed by atoms with E-state index in [0.29, 0.717) is 0 Å². The lowest BCUT2D eigenvalue weighted by atomic mass is 9.86. The van der Waals surface area contributed by atoms with Crippen molar-refractivity contribution in [3.63, 3.8) is 0 Å². The van der Waals surface area contributed by atoms with E-state index >= 15 is 0 Å². The Hall–Kier alpha value is -2.79. The number of carbonyl (C=O) groups excluding carboxylic acids is 1. The Morgan fingerprint density at radius 1 is 1.08 bits per heavy atom. The Kier molecular flexibility index (Phi) is 4.39. The highest BCUT2D eigenvalue weighted by Crippen LogP contribution is 2.34. The number of amides is 1. The maximum Gasteiger partial charge on any atom is 0.264 e. The molecule has 3 atom stereocenters. The normalized spacial score (nSPS) is 24.7. The molecule has 0 spiro atoms. The Morgan fingerprint density at radius 2 is 1.81 bits per heavy atom. The van der Waals surface area contributed by atoms with Gasteiger partial charge in [0.25, 0.3) is 5.91 Å².